The monoisotopic (exact) mass is 1140 g/mol. The zero-order chi connectivity index (χ0) is 54.2. The average Bonchev–Trinajstić information content (AvgIpc) is 3.40. The van der Waals surface area contributed by atoms with Crippen LogP contribution in [0.15, 0.2) is 155 Å². The van der Waals surface area contributed by atoms with E-state index in [4.69, 9.17) is 9.97 Å². The highest BCUT2D eigenvalue weighted by molar-refractivity contribution is 14.1. The molecule has 2 aromatic heterocycles. The second kappa shape index (κ2) is 23.7. The summed E-state index contributed by atoms with van der Waals surface area (Å²) in [5.41, 5.74) is 1.43. The van der Waals surface area contributed by atoms with Crippen LogP contribution in [0.3, 0.4) is 0 Å². The summed E-state index contributed by atoms with van der Waals surface area (Å²) in [5, 5.41) is 10.1. The topological polar surface area (TPSA) is 134 Å². The maximum Gasteiger partial charge on any atom is 0.416 e. The van der Waals surface area contributed by atoms with Gasteiger partial charge in [0.15, 0.2) is 0 Å². The van der Waals surface area contributed by atoms with E-state index < -0.39 is 35.6 Å². The Morgan fingerprint density at radius 2 is 0.933 bits per heavy atom. The molecule has 0 saturated heterocycles. The molecule has 8 rings (SSSR count). The van der Waals surface area contributed by atoms with E-state index in [0.717, 1.165) is 27.8 Å². The molecule has 18 heteroatoms. The number of carbonyl (C=O) groups is 2. The van der Waals surface area contributed by atoms with Crippen LogP contribution in [-0.4, -0.2) is 53.8 Å². The Hall–Kier alpha value is -7.66. The molecule has 0 aliphatic carbocycles. The predicted molar refractivity (Wildman–Crippen MR) is 283 cm³/mol. The van der Waals surface area contributed by atoms with Crippen LogP contribution < -0.4 is 11.1 Å². The van der Waals surface area contributed by atoms with E-state index >= 15 is 0 Å². The highest BCUT2D eigenvalue weighted by atomic mass is 127. The Bertz CT molecular complexity index is 3480. The van der Waals surface area contributed by atoms with Gasteiger partial charge in [0.2, 0.25) is 11.8 Å². The fourth-order valence-corrected chi connectivity index (χ4v) is 9.00. The SMILES string of the molecule is CCCN(C(=O)Cc1ccc(C(F)(F)F)cc1)[C@H](C)c1nc2ccccc2c(=O)n1-c1ccc(C#N)cc1.CCCN(C(=O)Cc1ccc(C(F)(F)F)cc1)[C@H](C)c1nc2ccccc2c(=O)n1-c1ccc(I)cc1. The van der Waals surface area contributed by atoms with Crippen LogP contribution in [0.4, 0.5) is 26.3 Å². The van der Waals surface area contributed by atoms with Crippen molar-refractivity contribution in [2.75, 3.05) is 13.1 Å². The third-order valence-electron chi connectivity index (χ3n) is 12.5. The molecule has 0 fully saturated rings. The molecule has 0 aliphatic heterocycles. The van der Waals surface area contributed by atoms with E-state index in [-0.39, 0.29) is 35.8 Å². The minimum atomic E-state index is -4.46. The summed E-state index contributed by atoms with van der Waals surface area (Å²) in [4.78, 5) is 66.9. The summed E-state index contributed by atoms with van der Waals surface area (Å²) < 4.78 is 81.6. The maximum atomic E-state index is 13.6. The molecule has 11 nitrogen and oxygen atoms in total. The maximum absolute atomic E-state index is 13.6. The number of halogens is 7. The molecule has 0 N–H and O–H groups in total. The lowest BCUT2D eigenvalue weighted by Gasteiger charge is -2.30. The van der Waals surface area contributed by atoms with Gasteiger partial charge in [-0.2, -0.15) is 31.6 Å². The number of carbonyl (C=O) groups excluding carboxylic acids is 2. The number of benzene rings is 6. The van der Waals surface area contributed by atoms with Gasteiger partial charge in [-0.3, -0.25) is 28.3 Å². The molecule has 2 amide bonds. The Kier molecular flexibility index (Phi) is 17.4. The average molecular weight is 1140 g/mol. The number of nitrogens with zero attached hydrogens (tertiary/aromatic N) is 7. The largest absolute Gasteiger partial charge is 0.416 e. The molecule has 0 spiro atoms. The van der Waals surface area contributed by atoms with Crippen molar-refractivity contribution in [3.05, 3.63) is 209 Å². The highest BCUT2D eigenvalue weighted by Crippen LogP contribution is 2.32. The van der Waals surface area contributed by atoms with Gasteiger partial charge in [0.25, 0.3) is 11.1 Å². The summed E-state index contributed by atoms with van der Waals surface area (Å²) in [5.74, 6) is 0.199. The first-order chi connectivity index (χ1) is 35.7. The number of amides is 2. The van der Waals surface area contributed by atoms with Gasteiger partial charge in [-0.15, -0.1) is 0 Å². The van der Waals surface area contributed by atoms with E-state index in [1.807, 2.05) is 45.0 Å². The van der Waals surface area contributed by atoms with Gasteiger partial charge >= 0.3 is 12.4 Å². The van der Waals surface area contributed by atoms with Crippen molar-refractivity contribution < 1.29 is 35.9 Å². The quantitative estimate of drug-likeness (QED) is 0.0782. The molecule has 0 bridgehead atoms. The van der Waals surface area contributed by atoms with Gasteiger partial charge in [-0.1, -0.05) is 62.4 Å². The first-order valence-corrected chi connectivity index (χ1v) is 25.0. The van der Waals surface area contributed by atoms with Crippen molar-refractivity contribution in [2.24, 2.45) is 0 Å². The van der Waals surface area contributed by atoms with Crippen LogP contribution in [-0.2, 0) is 34.8 Å². The molecular formula is C57H50F6IN7O4. The first kappa shape index (κ1) is 55.1. The van der Waals surface area contributed by atoms with E-state index in [9.17, 15) is 50.8 Å². The minimum Gasteiger partial charge on any atom is -0.332 e. The number of aromatic nitrogens is 4. The molecular weight excluding hydrogens is 1090 g/mol. The van der Waals surface area contributed by atoms with Crippen molar-refractivity contribution >= 4 is 56.2 Å². The standard InChI is InChI=1S/C29H25F3N4O2.C28H25F3IN3O2/c1-3-16-35(26(37)17-20-8-12-22(13-9-20)29(30,31)32)19(2)27-34-25-7-5-4-6-24(25)28(38)36(27)23-14-10-21(18-33)11-15-23;1-3-16-34(25(36)17-19-8-10-20(11-9-19)28(29,30)31)18(2)26-33-24-7-5-4-6-23(24)27(37)35(26)22-14-12-21(32)13-15-22/h4-15,19H,3,16-17H2,1-2H3;4-15,18H,3,16-17H2,1-2H3/t19-;18-/m11/s1. The van der Waals surface area contributed by atoms with Crippen LogP contribution >= 0.6 is 22.6 Å². The summed E-state index contributed by atoms with van der Waals surface area (Å²) >= 11 is 2.19. The number of rotatable bonds is 14. The summed E-state index contributed by atoms with van der Waals surface area (Å²) in [6.07, 6.45) is -7.78. The smallest absolute Gasteiger partial charge is 0.332 e. The van der Waals surface area contributed by atoms with Gasteiger partial charge in [-0.25, -0.2) is 9.97 Å². The summed E-state index contributed by atoms with van der Waals surface area (Å²) in [7, 11) is 0. The van der Waals surface area contributed by atoms with Crippen molar-refractivity contribution in [1.29, 1.82) is 5.26 Å². The van der Waals surface area contributed by atoms with E-state index in [2.05, 4.69) is 28.7 Å². The molecule has 386 valence electrons. The fraction of sp³-hybridized carbons (Fsp3) is 0.246. The lowest BCUT2D eigenvalue weighted by molar-refractivity contribution is -0.138. The Labute approximate surface area is 441 Å². The van der Waals surface area contributed by atoms with Gasteiger partial charge in [0, 0.05) is 16.7 Å². The third kappa shape index (κ3) is 12.8. The molecule has 0 aliphatic rings. The Morgan fingerprint density at radius 1 is 0.573 bits per heavy atom. The van der Waals surface area contributed by atoms with Crippen molar-refractivity contribution in [2.45, 2.75) is 77.8 Å². The Morgan fingerprint density at radius 3 is 1.28 bits per heavy atom. The fourth-order valence-electron chi connectivity index (χ4n) is 8.64. The van der Waals surface area contributed by atoms with Crippen molar-refractivity contribution in [1.82, 2.24) is 28.9 Å². The lowest BCUT2D eigenvalue weighted by Crippen LogP contribution is -2.38. The number of hydrogen-bond donors (Lipinski definition) is 0. The minimum absolute atomic E-state index is 0.0657. The number of para-hydroxylation sites is 2. The predicted octanol–water partition coefficient (Wildman–Crippen LogP) is 12.4. The number of fused-ring (bicyclic) bond motifs is 2. The number of hydrogen-bond acceptors (Lipinski definition) is 7. The molecule has 2 atom stereocenters. The Balaban J connectivity index is 0.000000219. The molecule has 0 radical (unpaired) electrons. The van der Waals surface area contributed by atoms with Crippen LogP contribution in [0.1, 0.15) is 92.1 Å². The lowest BCUT2D eigenvalue weighted by atomic mass is 10.1. The van der Waals surface area contributed by atoms with E-state index in [1.54, 1.807) is 89.5 Å². The van der Waals surface area contributed by atoms with Gasteiger partial charge < -0.3 is 9.80 Å². The zero-order valence-electron chi connectivity index (χ0n) is 41.2. The number of alkyl halides is 6. The van der Waals surface area contributed by atoms with Crippen LogP contribution in [0.25, 0.3) is 33.2 Å². The van der Waals surface area contributed by atoms with Crippen LogP contribution in [0.5, 0.6) is 0 Å². The first-order valence-electron chi connectivity index (χ1n) is 23.9. The van der Waals surface area contributed by atoms with Crippen molar-refractivity contribution in [3.63, 3.8) is 0 Å². The molecule has 8 aromatic rings. The van der Waals surface area contributed by atoms with Crippen molar-refractivity contribution in [3.8, 4) is 17.4 Å². The summed E-state index contributed by atoms with van der Waals surface area (Å²) in [6.45, 7) is 8.20. The normalized spacial score (nSPS) is 12.3. The van der Waals surface area contributed by atoms with Gasteiger partial charge in [0.05, 0.1) is 80.9 Å². The van der Waals surface area contributed by atoms with E-state index in [1.165, 1.54) is 33.4 Å². The van der Waals surface area contributed by atoms with Gasteiger partial charge in [-0.05, 0) is 157 Å². The van der Waals surface area contributed by atoms with E-state index in [0.29, 0.717) is 87.5 Å². The molecule has 2 heterocycles. The zero-order valence-corrected chi connectivity index (χ0v) is 43.3. The third-order valence-corrected chi connectivity index (χ3v) is 13.2. The van der Waals surface area contributed by atoms with Crippen LogP contribution in [0, 0.1) is 14.9 Å². The van der Waals surface area contributed by atoms with Gasteiger partial charge in [0.1, 0.15) is 11.6 Å². The molecule has 75 heavy (non-hydrogen) atoms. The summed E-state index contributed by atoms with van der Waals surface area (Å²) in [6, 6.07) is 38.0. The van der Waals surface area contributed by atoms with Crippen LogP contribution in [0.2, 0.25) is 0 Å². The number of nitriles is 1. The highest BCUT2D eigenvalue weighted by Gasteiger charge is 2.32. The second-order valence-electron chi connectivity index (χ2n) is 17.7. The molecule has 0 unspecified atom stereocenters. The second-order valence-corrected chi connectivity index (χ2v) is 18.9. The molecule has 0 saturated carbocycles. The molecule has 6 aromatic carbocycles.